The Bertz CT molecular complexity index is 362. The van der Waals surface area contributed by atoms with E-state index < -0.39 is 0 Å². The van der Waals surface area contributed by atoms with E-state index in [2.05, 4.69) is 26.0 Å². The molecule has 2 nitrogen and oxygen atoms in total. The number of hydrogen-bond acceptors (Lipinski definition) is 2. The van der Waals surface area contributed by atoms with Crippen LogP contribution in [-0.4, -0.2) is 19.3 Å². The first-order chi connectivity index (χ1) is 10.3. The number of para-hydroxylation sites is 1. The Labute approximate surface area is 130 Å². The lowest BCUT2D eigenvalue weighted by atomic mass is 10.1. The Morgan fingerprint density at radius 3 is 2.38 bits per heavy atom. The van der Waals surface area contributed by atoms with Gasteiger partial charge in [-0.3, -0.25) is 0 Å². The maximum Gasteiger partial charge on any atom is 0.122 e. The fourth-order valence-electron chi connectivity index (χ4n) is 2.45. The number of rotatable bonds is 12. The van der Waals surface area contributed by atoms with Crippen LogP contribution in [0.3, 0.4) is 0 Å². The maximum atomic E-state index is 6.15. The van der Waals surface area contributed by atoms with Crippen molar-refractivity contribution < 1.29 is 9.47 Å². The monoisotopic (exact) mass is 292 g/mol. The van der Waals surface area contributed by atoms with E-state index in [0.717, 1.165) is 18.8 Å². The van der Waals surface area contributed by atoms with Crippen molar-refractivity contribution in [1.82, 2.24) is 0 Å². The number of hydrogen-bond donors (Lipinski definition) is 0. The van der Waals surface area contributed by atoms with Gasteiger partial charge in [0.25, 0.3) is 0 Å². The molecule has 1 aromatic rings. The molecule has 1 unspecified atom stereocenters. The second kappa shape index (κ2) is 11.6. The van der Waals surface area contributed by atoms with Gasteiger partial charge in [0.05, 0.1) is 6.61 Å². The van der Waals surface area contributed by atoms with Crippen LogP contribution in [0.15, 0.2) is 24.3 Å². The van der Waals surface area contributed by atoms with Gasteiger partial charge in [-0.05, 0) is 38.3 Å². The standard InChI is InChI=1S/C19H32O2/c1-4-6-7-8-9-10-14-18(16-20-5-2)21-19-15-12-11-13-17(19)3/h11-13,15,18H,4-10,14,16H2,1-3H3. The average Bonchev–Trinajstić information content (AvgIpc) is 2.50. The van der Waals surface area contributed by atoms with Gasteiger partial charge >= 0.3 is 0 Å². The second-order valence-electron chi connectivity index (χ2n) is 5.72. The highest BCUT2D eigenvalue weighted by molar-refractivity contribution is 5.31. The summed E-state index contributed by atoms with van der Waals surface area (Å²) < 4.78 is 11.7. The van der Waals surface area contributed by atoms with Gasteiger partial charge in [0.1, 0.15) is 11.9 Å². The van der Waals surface area contributed by atoms with Gasteiger partial charge in [-0.2, -0.15) is 0 Å². The largest absolute Gasteiger partial charge is 0.488 e. The van der Waals surface area contributed by atoms with Crippen molar-refractivity contribution in [2.45, 2.75) is 71.8 Å². The van der Waals surface area contributed by atoms with E-state index >= 15 is 0 Å². The Morgan fingerprint density at radius 2 is 1.67 bits per heavy atom. The Hall–Kier alpha value is -1.02. The van der Waals surface area contributed by atoms with Crippen LogP contribution in [0.4, 0.5) is 0 Å². The van der Waals surface area contributed by atoms with Crippen LogP contribution in [0.2, 0.25) is 0 Å². The third-order valence-electron chi connectivity index (χ3n) is 3.77. The maximum absolute atomic E-state index is 6.15. The molecule has 0 aliphatic heterocycles. The van der Waals surface area contributed by atoms with E-state index in [-0.39, 0.29) is 6.10 Å². The zero-order valence-corrected chi connectivity index (χ0v) is 14.1. The first kappa shape index (κ1) is 18.0. The third-order valence-corrected chi connectivity index (χ3v) is 3.77. The van der Waals surface area contributed by atoms with Crippen molar-refractivity contribution in [2.75, 3.05) is 13.2 Å². The molecule has 0 spiro atoms. The molecule has 21 heavy (non-hydrogen) atoms. The van der Waals surface area contributed by atoms with Crippen molar-refractivity contribution in [3.8, 4) is 5.75 Å². The summed E-state index contributed by atoms with van der Waals surface area (Å²) in [4.78, 5) is 0. The van der Waals surface area contributed by atoms with Crippen LogP contribution in [0, 0.1) is 6.92 Å². The van der Waals surface area contributed by atoms with E-state index in [1.807, 2.05) is 19.1 Å². The first-order valence-electron chi connectivity index (χ1n) is 8.58. The van der Waals surface area contributed by atoms with Crippen LogP contribution in [0.25, 0.3) is 0 Å². The van der Waals surface area contributed by atoms with Crippen LogP contribution >= 0.6 is 0 Å². The number of unbranched alkanes of at least 4 members (excludes halogenated alkanes) is 5. The van der Waals surface area contributed by atoms with Crippen molar-refractivity contribution in [2.24, 2.45) is 0 Å². The topological polar surface area (TPSA) is 18.5 Å². The van der Waals surface area contributed by atoms with Crippen molar-refractivity contribution >= 4 is 0 Å². The van der Waals surface area contributed by atoms with Gasteiger partial charge in [0, 0.05) is 6.61 Å². The molecular weight excluding hydrogens is 260 g/mol. The highest BCUT2D eigenvalue weighted by Gasteiger charge is 2.11. The predicted molar refractivity (Wildman–Crippen MR) is 90.1 cm³/mol. The quantitative estimate of drug-likeness (QED) is 0.472. The summed E-state index contributed by atoms with van der Waals surface area (Å²) in [6.45, 7) is 7.84. The van der Waals surface area contributed by atoms with Crippen LogP contribution in [0.1, 0.15) is 64.4 Å². The average molecular weight is 292 g/mol. The van der Waals surface area contributed by atoms with E-state index in [1.54, 1.807) is 0 Å². The SMILES string of the molecule is CCCCCCCCC(COCC)Oc1ccccc1C. The smallest absolute Gasteiger partial charge is 0.122 e. The van der Waals surface area contributed by atoms with Gasteiger partial charge in [0.2, 0.25) is 0 Å². The lowest BCUT2D eigenvalue weighted by molar-refractivity contribution is 0.0505. The fraction of sp³-hybridized carbons (Fsp3) is 0.684. The summed E-state index contributed by atoms with van der Waals surface area (Å²) in [6, 6.07) is 8.23. The predicted octanol–water partition coefficient (Wildman–Crippen LogP) is 5.53. The van der Waals surface area contributed by atoms with Crippen LogP contribution in [-0.2, 0) is 4.74 Å². The minimum atomic E-state index is 0.178. The minimum Gasteiger partial charge on any atom is -0.488 e. The molecule has 120 valence electrons. The molecule has 0 aliphatic carbocycles. The molecule has 0 amide bonds. The zero-order chi connectivity index (χ0) is 15.3. The highest BCUT2D eigenvalue weighted by atomic mass is 16.5. The molecule has 0 saturated carbocycles. The molecule has 1 rings (SSSR count). The summed E-state index contributed by atoms with van der Waals surface area (Å²) in [6.07, 6.45) is 9.18. The second-order valence-corrected chi connectivity index (χ2v) is 5.72. The van der Waals surface area contributed by atoms with E-state index in [4.69, 9.17) is 9.47 Å². The molecule has 1 aromatic carbocycles. The zero-order valence-electron chi connectivity index (χ0n) is 14.1. The molecule has 0 saturated heterocycles. The number of benzene rings is 1. The molecule has 0 heterocycles. The third kappa shape index (κ3) is 8.11. The van der Waals surface area contributed by atoms with Crippen molar-refractivity contribution in [3.05, 3.63) is 29.8 Å². The first-order valence-corrected chi connectivity index (χ1v) is 8.58. The molecule has 2 heteroatoms. The molecule has 0 aliphatic rings. The lowest BCUT2D eigenvalue weighted by Crippen LogP contribution is -2.23. The van der Waals surface area contributed by atoms with Crippen LogP contribution < -0.4 is 4.74 Å². The van der Waals surface area contributed by atoms with E-state index in [0.29, 0.717) is 6.61 Å². The Morgan fingerprint density at radius 1 is 0.952 bits per heavy atom. The van der Waals surface area contributed by atoms with Gasteiger partial charge in [0.15, 0.2) is 0 Å². The van der Waals surface area contributed by atoms with Gasteiger partial charge in [-0.25, -0.2) is 0 Å². The Kier molecular flexibility index (Phi) is 9.98. The molecule has 0 radical (unpaired) electrons. The summed E-state index contributed by atoms with van der Waals surface area (Å²) >= 11 is 0. The summed E-state index contributed by atoms with van der Waals surface area (Å²) in [5, 5.41) is 0. The van der Waals surface area contributed by atoms with Crippen molar-refractivity contribution in [1.29, 1.82) is 0 Å². The summed E-state index contributed by atoms with van der Waals surface area (Å²) in [5.41, 5.74) is 1.20. The van der Waals surface area contributed by atoms with Gasteiger partial charge in [-0.15, -0.1) is 0 Å². The molecule has 0 aromatic heterocycles. The van der Waals surface area contributed by atoms with E-state index in [9.17, 15) is 0 Å². The van der Waals surface area contributed by atoms with Crippen molar-refractivity contribution in [3.63, 3.8) is 0 Å². The molecular formula is C19H32O2. The lowest BCUT2D eigenvalue weighted by Gasteiger charge is -2.20. The van der Waals surface area contributed by atoms with Gasteiger partial charge in [-0.1, -0.05) is 57.2 Å². The summed E-state index contributed by atoms with van der Waals surface area (Å²) in [5.74, 6) is 0.994. The number of ether oxygens (including phenoxy) is 2. The van der Waals surface area contributed by atoms with E-state index in [1.165, 1.54) is 44.1 Å². The summed E-state index contributed by atoms with van der Waals surface area (Å²) in [7, 11) is 0. The van der Waals surface area contributed by atoms with Gasteiger partial charge < -0.3 is 9.47 Å². The number of aryl methyl sites for hydroxylation is 1. The molecule has 0 N–H and O–H groups in total. The Balaban J connectivity index is 2.35. The molecule has 0 fully saturated rings. The fourth-order valence-corrected chi connectivity index (χ4v) is 2.45. The highest BCUT2D eigenvalue weighted by Crippen LogP contribution is 2.20. The normalized spacial score (nSPS) is 12.3. The molecule has 1 atom stereocenters. The molecule has 0 bridgehead atoms. The minimum absolute atomic E-state index is 0.178. The van der Waals surface area contributed by atoms with Crippen LogP contribution in [0.5, 0.6) is 5.75 Å².